The molecule has 2 amide bonds. The minimum atomic E-state index is -4.97. The van der Waals surface area contributed by atoms with Crippen molar-refractivity contribution in [1.29, 1.82) is 0 Å². The third kappa shape index (κ3) is 7.00. The number of nitrogens with one attached hydrogen (secondary N) is 1. The maximum atomic E-state index is 13.5. The van der Waals surface area contributed by atoms with Gasteiger partial charge in [-0.3, -0.25) is 0 Å². The fraction of sp³-hybridized carbons (Fsp3) is 0.435. The van der Waals surface area contributed by atoms with Gasteiger partial charge in [0.15, 0.2) is 0 Å². The zero-order chi connectivity index (χ0) is 25.4. The van der Waals surface area contributed by atoms with Crippen molar-refractivity contribution in [2.24, 2.45) is 0 Å². The van der Waals surface area contributed by atoms with Crippen LogP contribution in [0.4, 0.5) is 35.5 Å². The first-order valence-electron chi connectivity index (χ1n) is 10.5. The minimum absolute atomic E-state index is 0. The van der Waals surface area contributed by atoms with Crippen molar-refractivity contribution >= 4 is 18.4 Å². The first-order chi connectivity index (χ1) is 15.6. The van der Waals surface area contributed by atoms with Gasteiger partial charge in [0.2, 0.25) is 0 Å². The SMILES string of the molecule is Cc1cc(F)ccc1C1CN(C(=O)N(C)Cc2cc(C(F)(F)F)cc(C(F)(F)F)c2)CC(C)N1.Cl. The van der Waals surface area contributed by atoms with Crippen LogP contribution in [0.3, 0.4) is 0 Å². The number of rotatable bonds is 3. The number of aryl methyl sites for hydroxylation is 1. The Kier molecular flexibility index (Phi) is 8.70. The monoisotopic (exact) mass is 527 g/mol. The molecule has 0 spiro atoms. The fourth-order valence-electron chi connectivity index (χ4n) is 4.14. The molecule has 0 saturated carbocycles. The van der Waals surface area contributed by atoms with E-state index in [9.17, 15) is 35.5 Å². The quantitative estimate of drug-likeness (QED) is 0.484. The molecule has 35 heavy (non-hydrogen) atoms. The average Bonchev–Trinajstić information content (AvgIpc) is 2.71. The van der Waals surface area contributed by atoms with Gasteiger partial charge < -0.3 is 15.1 Å². The van der Waals surface area contributed by atoms with E-state index < -0.39 is 41.9 Å². The standard InChI is InChI=1S/C23H24F7N3O.ClH/c1-13-6-18(24)4-5-19(13)20-12-33(10-14(2)31-20)21(34)32(3)11-15-7-16(22(25,26)27)9-17(8-15)23(28,29)30;/h4-9,14,20,31H,10-12H2,1-3H3;1H. The molecule has 0 aromatic heterocycles. The number of piperazine rings is 1. The molecule has 2 aromatic carbocycles. The summed E-state index contributed by atoms with van der Waals surface area (Å²) >= 11 is 0. The molecule has 2 aromatic rings. The highest BCUT2D eigenvalue weighted by Crippen LogP contribution is 2.36. The van der Waals surface area contributed by atoms with Gasteiger partial charge in [-0.15, -0.1) is 12.4 Å². The molecule has 0 bridgehead atoms. The first kappa shape index (κ1) is 28.7. The second kappa shape index (κ2) is 10.6. The van der Waals surface area contributed by atoms with Crippen LogP contribution in [0.2, 0.25) is 0 Å². The van der Waals surface area contributed by atoms with E-state index in [0.717, 1.165) is 10.5 Å². The molecule has 0 radical (unpaired) electrons. The Labute approximate surface area is 204 Å². The maximum Gasteiger partial charge on any atom is 0.416 e. The molecule has 2 atom stereocenters. The Bertz CT molecular complexity index is 1030. The van der Waals surface area contributed by atoms with E-state index in [1.54, 1.807) is 13.0 Å². The van der Waals surface area contributed by atoms with Crippen LogP contribution >= 0.6 is 12.4 Å². The van der Waals surface area contributed by atoms with Crippen LogP contribution in [0.15, 0.2) is 36.4 Å². The summed E-state index contributed by atoms with van der Waals surface area (Å²) in [6.45, 7) is 3.63. The van der Waals surface area contributed by atoms with Crippen LogP contribution in [0, 0.1) is 12.7 Å². The molecule has 194 valence electrons. The lowest BCUT2D eigenvalue weighted by molar-refractivity contribution is -0.143. The zero-order valence-electron chi connectivity index (χ0n) is 19.1. The molecular weight excluding hydrogens is 503 g/mol. The lowest BCUT2D eigenvalue weighted by Gasteiger charge is -2.40. The number of carbonyl (C=O) groups is 1. The molecular formula is C23H25ClF7N3O. The van der Waals surface area contributed by atoms with Crippen LogP contribution < -0.4 is 5.32 Å². The largest absolute Gasteiger partial charge is 0.416 e. The summed E-state index contributed by atoms with van der Waals surface area (Å²) < 4.78 is 92.3. The second-order valence-corrected chi connectivity index (χ2v) is 8.58. The summed E-state index contributed by atoms with van der Waals surface area (Å²) in [6.07, 6.45) is -9.93. The molecule has 1 fully saturated rings. The molecule has 3 rings (SSSR count). The molecule has 1 saturated heterocycles. The molecule has 12 heteroatoms. The third-order valence-corrected chi connectivity index (χ3v) is 5.65. The lowest BCUT2D eigenvalue weighted by Crippen LogP contribution is -2.55. The summed E-state index contributed by atoms with van der Waals surface area (Å²) in [6, 6.07) is 4.59. The van der Waals surface area contributed by atoms with Crippen molar-refractivity contribution in [1.82, 2.24) is 15.1 Å². The first-order valence-corrected chi connectivity index (χ1v) is 10.5. The molecule has 1 heterocycles. The van der Waals surface area contributed by atoms with Crippen molar-refractivity contribution in [2.75, 3.05) is 20.1 Å². The summed E-state index contributed by atoms with van der Waals surface area (Å²) in [5.41, 5.74) is -1.66. The van der Waals surface area contributed by atoms with Crippen LogP contribution in [0.5, 0.6) is 0 Å². The van der Waals surface area contributed by atoms with Gasteiger partial charge in [0, 0.05) is 32.7 Å². The van der Waals surface area contributed by atoms with Gasteiger partial charge in [0.25, 0.3) is 0 Å². The summed E-state index contributed by atoms with van der Waals surface area (Å²) in [5, 5.41) is 3.33. The fourth-order valence-corrected chi connectivity index (χ4v) is 4.14. The number of hydrogen-bond acceptors (Lipinski definition) is 2. The van der Waals surface area contributed by atoms with Gasteiger partial charge >= 0.3 is 18.4 Å². The number of benzene rings is 2. The number of halogens is 8. The van der Waals surface area contributed by atoms with Crippen LogP contribution in [-0.4, -0.2) is 42.0 Å². The Morgan fingerprint density at radius 1 is 1.03 bits per heavy atom. The van der Waals surface area contributed by atoms with Gasteiger partial charge in [-0.25, -0.2) is 9.18 Å². The molecule has 1 aliphatic rings. The van der Waals surface area contributed by atoms with Crippen LogP contribution in [0.25, 0.3) is 0 Å². The number of alkyl halides is 6. The predicted molar refractivity (Wildman–Crippen MR) is 119 cm³/mol. The topological polar surface area (TPSA) is 35.6 Å². The second-order valence-electron chi connectivity index (χ2n) is 8.58. The van der Waals surface area contributed by atoms with Crippen molar-refractivity contribution in [3.8, 4) is 0 Å². The van der Waals surface area contributed by atoms with E-state index in [4.69, 9.17) is 0 Å². The van der Waals surface area contributed by atoms with E-state index in [2.05, 4.69) is 5.32 Å². The van der Waals surface area contributed by atoms with Gasteiger partial charge in [-0.05, 0) is 60.9 Å². The average molecular weight is 528 g/mol. The molecule has 1 aliphatic heterocycles. The highest BCUT2D eigenvalue weighted by molar-refractivity contribution is 5.85. The van der Waals surface area contributed by atoms with E-state index in [1.165, 1.54) is 24.1 Å². The molecule has 0 aliphatic carbocycles. The van der Waals surface area contributed by atoms with Gasteiger partial charge in [0.1, 0.15) is 5.82 Å². The highest BCUT2D eigenvalue weighted by Gasteiger charge is 2.37. The number of carbonyl (C=O) groups excluding carboxylic acids is 1. The Balaban J connectivity index is 0.00000432. The van der Waals surface area contributed by atoms with E-state index in [0.29, 0.717) is 17.7 Å². The van der Waals surface area contributed by atoms with Crippen molar-refractivity contribution in [2.45, 2.75) is 44.8 Å². The van der Waals surface area contributed by atoms with E-state index in [1.807, 2.05) is 6.92 Å². The predicted octanol–water partition coefficient (Wildman–Crippen LogP) is 6.18. The Morgan fingerprint density at radius 3 is 2.11 bits per heavy atom. The highest BCUT2D eigenvalue weighted by atomic mass is 35.5. The maximum absolute atomic E-state index is 13.5. The Morgan fingerprint density at radius 2 is 1.60 bits per heavy atom. The Hall–Kier alpha value is -2.53. The van der Waals surface area contributed by atoms with Gasteiger partial charge in [-0.2, -0.15) is 26.3 Å². The van der Waals surface area contributed by atoms with E-state index >= 15 is 0 Å². The number of amides is 2. The van der Waals surface area contributed by atoms with Crippen molar-refractivity contribution in [3.63, 3.8) is 0 Å². The summed E-state index contributed by atoms with van der Waals surface area (Å²) in [5.74, 6) is -0.392. The van der Waals surface area contributed by atoms with Crippen LogP contribution in [-0.2, 0) is 18.9 Å². The lowest BCUT2D eigenvalue weighted by atomic mass is 9.98. The summed E-state index contributed by atoms with van der Waals surface area (Å²) in [4.78, 5) is 15.6. The van der Waals surface area contributed by atoms with E-state index in [-0.39, 0.29) is 49.2 Å². The molecule has 4 nitrogen and oxygen atoms in total. The zero-order valence-corrected chi connectivity index (χ0v) is 19.9. The minimum Gasteiger partial charge on any atom is -0.323 e. The number of hydrogen-bond donors (Lipinski definition) is 1. The summed E-state index contributed by atoms with van der Waals surface area (Å²) in [7, 11) is 1.32. The molecule has 2 unspecified atom stereocenters. The number of nitrogens with zero attached hydrogens (tertiary/aromatic N) is 2. The van der Waals surface area contributed by atoms with Crippen LogP contribution in [0.1, 0.15) is 40.8 Å². The van der Waals surface area contributed by atoms with Crippen molar-refractivity contribution in [3.05, 3.63) is 70.0 Å². The smallest absolute Gasteiger partial charge is 0.323 e. The molecule has 1 N–H and O–H groups in total. The van der Waals surface area contributed by atoms with Gasteiger partial charge in [-0.1, -0.05) is 6.07 Å². The normalized spacial score (nSPS) is 18.7. The third-order valence-electron chi connectivity index (χ3n) is 5.65. The van der Waals surface area contributed by atoms with Gasteiger partial charge in [0.05, 0.1) is 17.2 Å². The van der Waals surface area contributed by atoms with Crippen molar-refractivity contribution < 1.29 is 35.5 Å². The number of urea groups is 1.